The number of halogens is 1. The Morgan fingerprint density at radius 1 is 1.53 bits per heavy atom. The molecule has 1 aliphatic heterocycles. The number of benzene rings is 1. The van der Waals surface area contributed by atoms with Crippen molar-refractivity contribution in [2.24, 2.45) is 0 Å². The molecule has 1 N–H and O–H groups in total. The quantitative estimate of drug-likeness (QED) is 0.799. The summed E-state index contributed by atoms with van der Waals surface area (Å²) in [5, 5.41) is 9.59. The maximum atomic E-state index is 12.9. The Morgan fingerprint density at radius 3 is 2.88 bits per heavy atom. The summed E-state index contributed by atoms with van der Waals surface area (Å²) in [4.78, 5) is 0. The van der Waals surface area contributed by atoms with Gasteiger partial charge in [0.2, 0.25) is 0 Å². The predicted molar refractivity (Wildman–Crippen MR) is 70.3 cm³/mol. The molecule has 0 fully saturated rings. The summed E-state index contributed by atoms with van der Waals surface area (Å²) in [7, 11) is 0. The molecule has 1 aliphatic rings. The first-order valence-corrected chi connectivity index (χ1v) is 6.58. The molecule has 2 rings (SSSR count). The Labute approximate surface area is 107 Å². The second kappa shape index (κ2) is 6.87. The number of aryl methyl sites for hydroxylation is 1. The van der Waals surface area contributed by atoms with Crippen LogP contribution in [0.15, 0.2) is 18.2 Å². The molecule has 2 nitrogen and oxygen atoms in total. The molecule has 1 aromatic rings. The zero-order chi connectivity index (χ0) is 12.8. The van der Waals surface area contributed by atoms with Gasteiger partial charge < -0.3 is 9.84 Å². The van der Waals surface area contributed by atoms with Gasteiger partial charge in [0.05, 0.1) is 6.10 Å². The number of ether oxygens (including phenoxy) is 1. The van der Waals surface area contributed by atoms with Gasteiger partial charge in [-0.2, -0.15) is 12.6 Å². The Hall–Kier alpha value is -0.740. The zero-order valence-electron chi connectivity index (χ0n) is 10.2. The third kappa shape index (κ3) is 3.61. The van der Waals surface area contributed by atoms with Crippen molar-refractivity contribution in [3.8, 4) is 5.75 Å². The second-order valence-electron chi connectivity index (χ2n) is 3.70. The van der Waals surface area contributed by atoms with Gasteiger partial charge in [-0.05, 0) is 36.6 Å². The van der Waals surface area contributed by atoms with Crippen LogP contribution in [0.5, 0.6) is 5.75 Å². The lowest BCUT2D eigenvalue weighted by atomic mass is 9.99. The van der Waals surface area contributed by atoms with Crippen LogP contribution in [0.25, 0.3) is 0 Å². The maximum Gasteiger partial charge on any atom is 0.126 e. The van der Waals surface area contributed by atoms with Crippen molar-refractivity contribution in [3.63, 3.8) is 0 Å². The second-order valence-corrected chi connectivity index (χ2v) is 4.06. The van der Waals surface area contributed by atoms with Crippen molar-refractivity contribution in [1.29, 1.82) is 0 Å². The highest BCUT2D eigenvalue weighted by Gasteiger charge is 2.25. The first-order chi connectivity index (χ1) is 8.20. The SMILES string of the molecule is CC.OC(CS)C1CCc2cc(F)ccc2O1. The average Bonchev–Trinajstić information content (AvgIpc) is 2.39. The van der Waals surface area contributed by atoms with Crippen LogP contribution in [0, 0.1) is 5.82 Å². The van der Waals surface area contributed by atoms with E-state index in [1.54, 1.807) is 6.07 Å². The molecule has 96 valence electrons. The van der Waals surface area contributed by atoms with Crippen LogP contribution in [0.1, 0.15) is 25.8 Å². The van der Waals surface area contributed by atoms with Gasteiger partial charge in [-0.3, -0.25) is 0 Å². The molecule has 0 saturated carbocycles. The van der Waals surface area contributed by atoms with Crippen LogP contribution < -0.4 is 4.74 Å². The summed E-state index contributed by atoms with van der Waals surface area (Å²) in [5.74, 6) is 0.806. The van der Waals surface area contributed by atoms with Crippen molar-refractivity contribution in [2.75, 3.05) is 5.75 Å². The van der Waals surface area contributed by atoms with E-state index >= 15 is 0 Å². The van der Waals surface area contributed by atoms with E-state index in [-0.39, 0.29) is 11.9 Å². The van der Waals surface area contributed by atoms with Crippen molar-refractivity contribution < 1.29 is 14.2 Å². The number of fused-ring (bicyclic) bond motifs is 1. The lowest BCUT2D eigenvalue weighted by molar-refractivity contribution is 0.0387. The van der Waals surface area contributed by atoms with Crippen LogP contribution in [-0.2, 0) is 6.42 Å². The van der Waals surface area contributed by atoms with Gasteiger partial charge in [-0.15, -0.1) is 0 Å². The lowest BCUT2D eigenvalue weighted by Crippen LogP contribution is -2.36. The summed E-state index contributed by atoms with van der Waals surface area (Å²) in [6, 6.07) is 4.47. The summed E-state index contributed by atoms with van der Waals surface area (Å²) >= 11 is 4.02. The summed E-state index contributed by atoms with van der Waals surface area (Å²) in [5.41, 5.74) is 0.873. The minimum Gasteiger partial charge on any atom is -0.487 e. The Kier molecular flexibility index (Phi) is 5.78. The summed E-state index contributed by atoms with van der Waals surface area (Å²) in [6.45, 7) is 4.00. The number of aliphatic hydroxyl groups is 1. The van der Waals surface area contributed by atoms with Crippen LogP contribution in [-0.4, -0.2) is 23.1 Å². The van der Waals surface area contributed by atoms with E-state index in [4.69, 9.17) is 4.74 Å². The largest absolute Gasteiger partial charge is 0.487 e. The van der Waals surface area contributed by atoms with Crippen LogP contribution in [0.4, 0.5) is 4.39 Å². The summed E-state index contributed by atoms with van der Waals surface area (Å²) in [6.07, 6.45) is 0.660. The van der Waals surface area contributed by atoms with Gasteiger partial charge >= 0.3 is 0 Å². The molecule has 17 heavy (non-hydrogen) atoms. The van der Waals surface area contributed by atoms with Gasteiger partial charge in [0, 0.05) is 5.75 Å². The average molecular weight is 258 g/mol. The highest BCUT2D eigenvalue weighted by atomic mass is 32.1. The normalized spacial score (nSPS) is 19.5. The fourth-order valence-corrected chi connectivity index (χ4v) is 2.00. The zero-order valence-corrected chi connectivity index (χ0v) is 11.1. The van der Waals surface area contributed by atoms with Gasteiger partial charge in [0.15, 0.2) is 0 Å². The van der Waals surface area contributed by atoms with E-state index < -0.39 is 6.10 Å². The molecule has 0 amide bonds. The highest BCUT2D eigenvalue weighted by molar-refractivity contribution is 7.80. The Bertz CT molecular complexity index is 357. The Morgan fingerprint density at radius 2 is 2.24 bits per heavy atom. The molecule has 1 heterocycles. The molecular formula is C13H19FO2S. The van der Waals surface area contributed by atoms with Gasteiger partial charge in [0.1, 0.15) is 17.7 Å². The van der Waals surface area contributed by atoms with E-state index in [0.717, 1.165) is 12.0 Å². The van der Waals surface area contributed by atoms with Crippen molar-refractivity contribution in [3.05, 3.63) is 29.6 Å². The molecule has 2 atom stereocenters. The van der Waals surface area contributed by atoms with Crippen LogP contribution >= 0.6 is 12.6 Å². The Balaban J connectivity index is 0.000000686. The van der Waals surface area contributed by atoms with Gasteiger partial charge in [-0.25, -0.2) is 4.39 Å². The first-order valence-electron chi connectivity index (χ1n) is 5.94. The van der Waals surface area contributed by atoms with E-state index in [1.165, 1.54) is 12.1 Å². The smallest absolute Gasteiger partial charge is 0.126 e. The molecule has 0 bridgehead atoms. The standard InChI is InChI=1S/C11H13FO2S.C2H6/c12-8-2-4-10-7(5-8)1-3-11(14-10)9(13)6-15;1-2/h2,4-5,9,11,13,15H,1,3,6H2;1-2H3. The van der Waals surface area contributed by atoms with E-state index in [1.807, 2.05) is 13.8 Å². The molecule has 1 aromatic carbocycles. The molecule has 0 spiro atoms. The van der Waals surface area contributed by atoms with Crippen LogP contribution in [0.2, 0.25) is 0 Å². The van der Waals surface area contributed by atoms with Crippen LogP contribution in [0.3, 0.4) is 0 Å². The number of thiol groups is 1. The highest BCUT2D eigenvalue weighted by Crippen LogP contribution is 2.29. The molecular weight excluding hydrogens is 239 g/mol. The monoisotopic (exact) mass is 258 g/mol. The minimum absolute atomic E-state index is 0.222. The third-order valence-electron chi connectivity index (χ3n) is 2.62. The molecule has 0 radical (unpaired) electrons. The van der Waals surface area contributed by atoms with Crippen molar-refractivity contribution in [2.45, 2.75) is 38.9 Å². The van der Waals surface area contributed by atoms with Gasteiger partial charge in [-0.1, -0.05) is 13.8 Å². The van der Waals surface area contributed by atoms with E-state index in [9.17, 15) is 9.50 Å². The van der Waals surface area contributed by atoms with E-state index in [0.29, 0.717) is 17.9 Å². The molecule has 0 aromatic heterocycles. The minimum atomic E-state index is -0.563. The molecule has 0 saturated heterocycles. The lowest BCUT2D eigenvalue weighted by Gasteiger charge is -2.28. The number of hydrogen-bond acceptors (Lipinski definition) is 3. The molecule has 0 aliphatic carbocycles. The number of rotatable bonds is 2. The van der Waals surface area contributed by atoms with Crippen molar-refractivity contribution in [1.82, 2.24) is 0 Å². The first kappa shape index (κ1) is 14.3. The fraction of sp³-hybridized carbons (Fsp3) is 0.538. The topological polar surface area (TPSA) is 29.5 Å². The molecule has 2 unspecified atom stereocenters. The predicted octanol–water partition coefficient (Wildman–Crippen LogP) is 2.84. The van der Waals surface area contributed by atoms with E-state index in [2.05, 4.69) is 12.6 Å². The maximum absolute atomic E-state index is 12.9. The fourth-order valence-electron chi connectivity index (χ4n) is 1.77. The van der Waals surface area contributed by atoms with Gasteiger partial charge in [0.25, 0.3) is 0 Å². The number of hydrogen-bond donors (Lipinski definition) is 2. The number of aliphatic hydroxyl groups excluding tert-OH is 1. The van der Waals surface area contributed by atoms with Crippen molar-refractivity contribution >= 4 is 12.6 Å². The summed E-state index contributed by atoms with van der Waals surface area (Å²) < 4.78 is 18.5. The third-order valence-corrected chi connectivity index (χ3v) is 2.99. The molecule has 4 heteroatoms.